The second kappa shape index (κ2) is 4.59. The molecule has 2 amide bonds. The summed E-state index contributed by atoms with van der Waals surface area (Å²) >= 11 is 0. The first-order valence-electron chi connectivity index (χ1n) is 3.95. The van der Waals surface area contributed by atoms with E-state index in [1.54, 1.807) is 26.1 Å². The summed E-state index contributed by atoms with van der Waals surface area (Å²) < 4.78 is 4.73. The topological polar surface area (TPSA) is 92.7 Å². The van der Waals surface area contributed by atoms with Crippen LogP contribution in [0.5, 0.6) is 0 Å². The van der Waals surface area contributed by atoms with Gasteiger partial charge < -0.3 is 9.84 Å². The van der Waals surface area contributed by atoms with Crippen LogP contribution in [0, 0.1) is 0 Å². The summed E-state index contributed by atoms with van der Waals surface area (Å²) in [6.07, 6.45) is -1.69. The van der Waals surface area contributed by atoms with Gasteiger partial charge in [0.2, 0.25) is 5.91 Å². The Balaban J connectivity index is 3.96. The van der Waals surface area contributed by atoms with Gasteiger partial charge in [-0.05, 0) is 20.8 Å². The molecule has 80 valence electrons. The van der Waals surface area contributed by atoms with Crippen LogP contribution in [0.15, 0.2) is 0 Å². The summed E-state index contributed by atoms with van der Waals surface area (Å²) in [6, 6.07) is 0. The lowest BCUT2D eigenvalue weighted by molar-refractivity contribution is -0.140. The highest BCUT2D eigenvalue weighted by Crippen LogP contribution is 2.06. The van der Waals surface area contributed by atoms with E-state index in [0.29, 0.717) is 0 Å². The lowest BCUT2D eigenvalue weighted by Gasteiger charge is -2.18. The monoisotopic (exact) mass is 203 g/mol. The van der Waals surface area contributed by atoms with E-state index in [-0.39, 0.29) is 0 Å². The molecule has 0 aromatic heterocycles. The third kappa shape index (κ3) is 7.08. The molecule has 0 saturated carbocycles. The number of ether oxygens (including phenoxy) is 1. The van der Waals surface area contributed by atoms with Crippen LogP contribution in [0.4, 0.5) is 4.79 Å². The maximum absolute atomic E-state index is 10.9. The summed E-state index contributed by atoms with van der Waals surface area (Å²) in [6.45, 7) is 4.90. The van der Waals surface area contributed by atoms with Crippen molar-refractivity contribution < 1.29 is 24.2 Å². The van der Waals surface area contributed by atoms with Crippen molar-refractivity contribution in [2.24, 2.45) is 0 Å². The highest BCUT2D eigenvalue weighted by atomic mass is 16.6. The fourth-order valence-corrected chi connectivity index (χ4v) is 0.599. The SMILES string of the molecule is CC(C)(C)OC(=O)NC(=O)CC(=O)O. The molecule has 0 aromatic carbocycles. The molecule has 0 rings (SSSR count). The Morgan fingerprint density at radius 3 is 2.14 bits per heavy atom. The van der Waals surface area contributed by atoms with E-state index >= 15 is 0 Å². The van der Waals surface area contributed by atoms with Crippen molar-refractivity contribution in [2.75, 3.05) is 0 Å². The molecule has 0 aliphatic rings. The number of hydrogen-bond donors (Lipinski definition) is 2. The lowest BCUT2D eigenvalue weighted by Crippen LogP contribution is -2.37. The minimum atomic E-state index is -1.30. The van der Waals surface area contributed by atoms with Crippen LogP contribution in [0.3, 0.4) is 0 Å². The van der Waals surface area contributed by atoms with E-state index < -0.39 is 30.0 Å². The van der Waals surface area contributed by atoms with Crippen LogP contribution < -0.4 is 5.32 Å². The predicted molar refractivity (Wildman–Crippen MR) is 46.6 cm³/mol. The zero-order valence-corrected chi connectivity index (χ0v) is 8.29. The van der Waals surface area contributed by atoms with E-state index in [1.807, 2.05) is 0 Å². The van der Waals surface area contributed by atoms with Gasteiger partial charge in [0.05, 0.1) is 0 Å². The molecule has 0 aromatic rings. The Kier molecular flexibility index (Phi) is 4.07. The Morgan fingerprint density at radius 1 is 1.29 bits per heavy atom. The molecular formula is C8H13NO5. The molecule has 0 bridgehead atoms. The molecule has 14 heavy (non-hydrogen) atoms. The van der Waals surface area contributed by atoms with Gasteiger partial charge in [0.1, 0.15) is 12.0 Å². The van der Waals surface area contributed by atoms with E-state index in [4.69, 9.17) is 9.84 Å². The van der Waals surface area contributed by atoms with Crippen molar-refractivity contribution in [3.63, 3.8) is 0 Å². The van der Waals surface area contributed by atoms with Gasteiger partial charge in [-0.15, -0.1) is 0 Å². The van der Waals surface area contributed by atoms with Gasteiger partial charge in [-0.1, -0.05) is 0 Å². The highest BCUT2D eigenvalue weighted by Gasteiger charge is 2.18. The van der Waals surface area contributed by atoms with Gasteiger partial charge in [-0.2, -0.15) is 0 Å². The number of amides is 2. The summed E-state index contributed by atoms with van der Waals surface area (Å²) in [5.74, 6) is -2.20. The Morgan fingerprint density at radius 2 is 1.79 bits per heavy atom. The van der Waals surface area contributed by atoms with Crippen molar-refractivity contribution in [1.29, 1.82) is 0 Å². The number of carbonyl (C=O) groups excluding carboxylic acids is 2. The molecule has 6 heteroatoms. The molecule has 0 saturated heterocycles. The third-order valence-corrected chi connectivity index (χ3v) is 0.952. The quantitative estimate of drug-likeness (QED) is 0.638. The molecule has 0 aliphatic carbocycles. The van der Waals surface area contributed by atoms with Crippen LogP contribution in [0.25, 0.3) is 0 Å². The summed E-state index contributed by atoms with van der Waals surface area (Å²) in [4.78, 5) is 31.7. The number of rotatable bonds is 2. The standard InChI is InChI=1S/C8H13NO5/c1-8(2,3)14-7(13)9-5(10)4-6(11)12/h4H2,1-3H3,(H,11,12)(H,9,10,13). The van der Waals surface area contributed by atoms with Crippen LogP contribution in [-0.2, 0) is 14.3 Å². The molecule has 6 nitrogen and oxygen atoms in total. The number of carboxylic acid groups (broad SMARTS) is 1. The first-order valence-corrected chi connectivity index (χ1v) is 3.95. The molecule has 0 unspecified atom stereocenters. The van der Waals surface area contributed by atoms with Gasteiger partial charge in [0.15, 0.2) is 0 Å². The van der Waals surface area contributed by atoms with Crippen molar-refractivity contribution in [3.05, 3.63) is 0 Å². The Bertz CT molecular complexity index is 253. The Hall–Kier alpha value is -1.59. The van der Waals surface area contributed by atoms with Gasteiger partial charge in [0.25, 0.3) is 0 Å². The molecule has 0 spiro atoms. The van der Waals surface area contributed by atoms with Gasteiger partial charge in [0, 0.05) is 0 Å². The largest absolute Gasteiger partial charge is 0.481 e. The van der Waals surface area contributed by atoms with Crippen molar-refractivity contribution in [1.82, 2.24) is 5.32 Å². The van der Waals surface area contributed by atoms with Gasteiger partial charge >= 0.3 is 12.1 Å². The summed E-state index contributed by atoms with van der Waals surface area (Å²) in [5, 5.41) is 10.0. The molecule has 0 atom stereocenters. The normalized spacial score (nSPS) is 10.5. The van der Waals surface area contributed by atoms with Crippen LogP contribution >= 0.6 is 0 Å². The lowest BCUT2D eigenvalue weighted by atomic mass is 10.2. The van der Waals surface area contributed by atoms with E-state index in [0.717, 1.165) is 0 Å². The number of carbonyl (C=O) groups is 3. The van der Waals surface area contributed by atoms with Crippen LogP contribution in [-0.4, -0.2) is 28.7 Å². The average molecular weight is 203 g/mol. The van der Waals surface area contributed by atoms with E-state index in [9.17, 15) is 14.4 Å². The molecule has 0 aliphatic heterocycles. The third-order valence-electron chi connectivity index (χ3n) is 0.952. The number of nitrogens with one attached hydrogen (secondary N) is 1. The average Bonchev–Trinajstić information content (AvgIpc) is 1.77. The Labute approximate surface area is 81.2 Å². The van der Waals surface area contributed by atoms with Crippen molar-refractivity contribution in [2.45, 2.75) is 32.8 Å². The van der Waals surface area contributed by atoms with Crippen molar-refractivity contribution >= 4 is 18.0 Å². The van der Waals surface area contributed by atoms with E-state index in [1.165, 1.54) is 0 Å². The maximum Gasteiger partial charge on any atom is 0.414 e. The zero-order valence-electron chi connectivity index (χ0n) is 8.29. The number of alkyl carbamates (subject to hydrolysis) is 1. The maximum atomic E-state index is 10.9. The fourth-order valence-electron chi connectivity index (χ4n) is 0.599. The van der Waals surface area contributed by atoms with Crippen LogP contribution in [0.2, 0.25) is 0 Å². The number of carboxylic acids is 1. The van der Waals surface area contributed by atoms with Crippen LogP contribution in [0.1, 0.15) is 27.2 Å². The molecule has 0 fully saturated rings. The minimum Gasteiger partial charge on any atom is -0.481 e. The van der Waals surface area contributed by atoms with E-state index in [2.05, 4.69) is 0 Å². The van der Waals surface area contributed by atoms with Gasteiger partial charge in [-0.3, -0.25) is 14.9 Å². The van der Waals surface area contributed by atoms with Crippen molar-refractivity contribution in [3.8, 4) is 0 Å². The highest BCUT2D eigenvalue weighted by molar-refractivity contribution is 6.00. The first kappa shape index (κ1) is 12.4. The summed E-state index contributed by atoms with van der Waals surface area (Å²) in [5.41, 5.74) is -0.715. The number of aliphatic carboxylic acids is 1. The predicted octanol–water partition coefficient (Wildman–Crippen LogP) is 0.512. The number of hydrogen-bond acceptors (Lipinski definition) is 4. The molecule has 0 radical (unpaired) electrons. The number of imide groups is 1. The second-order valence-electron chi connectivity index (χ2n) is 3.62. The first-order chi connectivity index (χ1) is 6.20. The molecular weight excluding hydrogens is 190 g/mol. The minimum absolute atomic E-state index is 0.715. The molecule has 2 N–H and O–H groups in total. The smallest absolute Gasteiger partial charge is 0.414 e. The second-order valence-corrected chi connectivity index (χ2v) is 3.62. The summed E-state index contributed by atoms with van der Waals surface area (Å²) in [7, 11) is 0. The zero-order chi connectivity index (χ0) is 11.4. The van der Waals surface area contributed by atoms with Gasteiger partial charge in [-0.25, -0.2) is 4.79 Å². The molecule has 0 heterocycles. The fraction of sp³-hybridized carbons (Fsp3) is 0.625.